The van der Waals surface area contributed by atoms with Crippen molar-refractivity contribution in [3.63, 3.8) is 0 Å². The van der Waals surface area contributed by atoms with E-state index >= 15 is 0 Å². The number of carbonyl (C=O) groups excluding carboxylic acids is 2. The lowest BCUT2D eigenvalue weighted by molar-refractivity contribution is -0.887. The third-order valence-electron chi connectivity index (χ3n) is 9.01. The van der Waals surface area contributed by atoms with E-state index in [4.69, 9.17) is 14.2 Å². The Bertz CT molecular complexity index is 1190. The minimum Gasteiger partial charge on any atom is -0.477 e. The van der Waals surface area contributed by atoms with Crippen LogP contribution in [0.25, 0.3) is 0 Å². The zero-order valence-electron chi connectivity index (χ0n) is 36.1. The molecule has 0 heterocycles. The lowest BCUT2D eigenvalue weighted by atomic mass is 10.1. The molecule has 8 heteroatoms. The Morgan fingerprint density at radius 2 is 1.00 bits per heavy atom. The molecule has 0 fully saturated rings. The van der Waals surface area contributed by atoms with Crippen LogP contribution < -0.4 is 0 Å². The summed E-state index contributed by atoms with van der Waals surface area (Å²) >= 11 is 0. The SMILES string of the molecule is CC/C=C\C/C=C\C/C=C\C/C=C\C/C=C\CCCCCC(=O)OC(COCCC(C(=O)O)[N+](C)(C)C)COC(=O)CCCCCCC/C=C\C/C=C\CCC. The maximum atomic E-state index is 12.7. The van der Waals surface area contributed by atoms with Crippen LogP contribution in [0, 0.1) is 0 Å². The van der Waals surface area contributed by atoms with Crippen LogP contribution in [0.5, 0.6) is 0 Å². The van der Waals surface area contributed by atoms with Crippen LogP contribution >= 0.6 is 0 Å². The average molecular weight is 783 g/mol. The second kappa shape index (κ2) is 38.4. The van der Waals surface area contributed by atoms with Crippen LogP contribution in [0.15, 0.2) is 85.1 Å². The fourth-order valence-electron chi connectivity index (χ4n) is 5.68. The van der Waals surface area contributed by atoms with E-state index in [0.29, 0.717) is 19.3 Å². The van der Waals surface area contributed by atoms with Gasteiger partial charge in [0.25, 0.3) is 0 Å². The molecule has 0 aliphatic rings. The molecule has 56 heavy (non-hydrogen) atoms. The number of carboxylic acids is 1. The molecule has 0 rings (SSSR count). The van der Waals surface area contributed by atoms with Crippen LogP contribution in [0.3, 0.4) is 0 Å². The number of likely N-dealkylation sites (N-methyl/N-ethyl adjacent to an activating group) is 1. The predicted molar refractivity (Wildman–Crippen MR) is 233 cm³/mol. The minimum atomic E-state index is -0.887. The van der Waals surface area contributed by atoms with Gasteiger partial charge in [-0.3, -0.25) is 9.59 Å². The van der Waals surface area contributed by atoms with Gasteiger partial charge in [0.2, 0.25) is 0 Å². The molecule has 318 valence electrons. The maximum absolute atomic E-state index is 12.7. The number of ether oxygens (including phenoxy) is 3. The lowest BCUT2D eigenvalue weighted by Gasteiger charge is -2.31. The second-order valence-corrected chi connectivity index (χ2v) is 15.2. The van der Waals surface area contributed by atoms with Crippen molar-refractivity contribution >= 4 is 17.9 Å². The number of hydrogen-bond acceptors (Lipinski definition) is 6. The molecule has 0 spiro atoms. The van der Waals surface area contributed by atoms with Crippen molar-refractivity contribution in [3.05, 3.63) is 85.1 Å². The summed E-state index contributed by atoms with van der Waals surface area (Å²) in [5.41, 5.74) is 0. The summed E-state index contributed by atoms with van der Waals surface area (Å²) in [7, 11) is 5.50. The quantitative estimate of drug-likeness (QED) is 0.0290. The smallest absolute Gasteiger partial charge is 0.362 e. The zero-order chi connectivity index (χ0) is 41.4. The van der Waals surface area contributed by atoms with Gasteiger partial charge in [0.05, 0.1) is 34.4 Å². The Balaban J connectivity index is 4.46. The molecule has 0 aromatic rings. The van der Waals surface area contributed by atoms with Gasteiger partial charge in [-0.2, -0.15) is 0 Å². The third kappa shape index (κ3) is 36.2. The molecule has 0 aromatic heterocycles. The van der Waals surface area contributed by atoms with E-state index in [1.54, 1.807) is 0 Å². The lowest BCUT2D eigenvalue weighted by Crippen LogP contribution is -2.50. The summed E-state index contributed by atoms with van der Waals surface area (Å²) in [6.07, 6.45) is 49.1. The number of rotatable bonds is 37. The summed E-state index contributed by atoms with van der Waals surface area (Å²) in [5.74, 6) is -1.54. The fraction of sp³-hybridized carbons (Fsp3) is 0.646. The molecule has 0 radical (unpaired) electrons. The monoisotopic (exact) mass is 783 g/mol. The van der Waals surface area contributed by atoms with E-state index in [2.05, 4.69) is 98.9 Å². The van der Waals surface area contributed by atoms with Crippen LogP contribution in [-0.4, -0.2) is 80.6 Å². The highest BCUT2D eigenvalue weighted by molar-refractivity contribution is 5.72. The Labute approximate surface area is 342 Å². The molecule has 2 atom stereocenters. The van der Waals surface area contributed by atoms with E-state index < -0.39 is 18.1 Å². The van der Waals surface area contributed by atoms with Crippen molar-refractivity contribution in [2.75, 3.05) is 41.0 Å². The van der Waals surface area contributed by atoms with E-state index in [1.165, 1.54) is 6.42 Å². The van der Waals surface area contributed by atoms with Crippen LogP contribution in [0.2, 0.25) is 0 Å². The molecule has 8 nitrogen and oxygen atoms in total. The number of carboxylic acid groups (broad SMARTS) is 1. The molecule has 0 bridgehead atoms. The number of unbranched alkanes of at least 4 members (excludes halogenated alkanes) is 9. The van der Waals surface area contributed by atoms with Gasteiger partial charge < -0.3 is 23.8 Å². The standard InChI is InChI=1S/C48H79NO7/c1-6-8-10-12-14-16-18-20-21-22-23-24-25-27-29-31-33-35-37-39-47(51)56-44(42-54-41-40-45(48(52)53)49(3,4)5)43-55-46(50)38-36-34-32-30-28-26-19-17-15-13-11-9-7-2/h8,10-11,13-14,16-17,19-21,23-24,27,29,44-45H,6-7,9,12,15,18,22,25-26,28,30-43H2,1-5H3/p+1/b10-8-,13-11-,16-14-,19-17-,21-20-,24-23-,29-27-. The first-order chi connectivity index (χ1) is 27.1. The molecular formula is C48H80NO7+. The van der Waals surface area contributed by atoms with Gasteiger partial charge in [0.15, 0.2) is 12.1 Å². The second-order valence-electron chi connectivity index (χ2n) is 15.2. The largest absolute Gasteiger partial charge is 0.477 e. The first-order valence-corrected chi connectivity index (χ1v) is 21.6. The van der Waals surface area contributed by atoms with E-state index in [0.717, 1.165) is 103 Å². The fourth-order valence-corrected chi connectivity index (χ4v) is 5.68. The highest BCUT2D eigenvalue weighted by Crippen LogP contribution is 2.12. The summed E-state index contributed by atoms with van der Waals surface area (Å²) in [6, 6.07) is -0.627. The Hall–Kier alpha value is -3.49. The van der Waals surface area contributed by atoms with Gasteiger partial charge in [0, 0.05) is 19.3 Å². The number of carbonyl (C=O) groups is 3. The highest BCUT2D eigenvalue weighted by Gasteiger charge is 2.31. The molecule has 0 aliphatic heterocycles. The zero-order valence-corrected chi connectivity index (χ0v) is 36.1. The Morgan fingerprint density at radius 3 is 1.50 bits per heavy atom. The van der Waals surface area contributed by atoms with E-state index in [9.17, 15) is 19.5 Å². The number of nitrogens with zero attached hydrogens (tertiary/aromatic N) is 1. The normalized spacial score (nSPS) is 13.8. The van der Waals surface area contributed by atoms with Crippen molar-refractivity contribution in [1.82, 2.24) is 0 Å². The molecule has 0 aromatic carbocycles. The number of quaternary nitrogens is 1. The number of aliphatic carboxylic acids is 1. The van der Waals surface area contributed by atoms with Crippen molar-refractivity contribution in [2.24, 2.45) is 0 Å². The minimum absolute atomic E-state index is 0.0377. The Morgan fingerprint density at radius 1 is 0.554 bits per heavy atom. The summed E-state index contributed by atoms with van der Waals surface area (Å²) < 4.78 is 17.2. The van der Waals surface area contributed by atoms with Crippen molar-refractivity contribution < 1.29 is 38.2 Å². The first kappa shape index (κ1) is 52.5. The summed E-state index contributed by atoms with van der Waals surface area (Å²) in [6.45, 7) is 4.48. The number of hydrogen-bond donors (Lipinski definition) is 1. The number of esters is 2. The molecule has 0 saturated heterocycles. The van der Waals surface area contributed by atoms with Gasteiger partial charge in [0.1, 0.15) is 6.61 Å². The van der Waals surface area contributed by atoms with Gasteiger partial charge in [-0.1, -0.05) is 131 Å². The first-order valence-electron chi connectivity index (χ1n) is 21.6. The molecule has 2 unspecified atom stereocenters. The molecule has 0 aliphatic carbocycles. The van der Waals surface area contributed by atoms with Crippen LogP contribution in [-0.2, 0) is 28.6 Å². The molecule has 0 saturated carbocycles. The van der Waals surface area contributed by atoms with E-state index in [1.807, 2.05) is 21.1 Å². The van der Waals surface area contributed by atoms with Crippen molar-refractivity contribution in [2.45, 2.75) is 161 Å². The van der Waals surface area contributed by atoms with Crippen LogP contribution in [0.1, 0.15) is 149 Å². The van der Waals surface area contributed by atoms with E-state index in [-0.39, 0.29) is 42.7 Å². The average Bonchev–Trinajstić information content (AvgIpc) is 3.15. The molecule has 0 amide bonds. The maximum Gasteiger partial charge on any atom is 0.362 e. The third-order valence-corrected chi connectivity index (χ3v) is 9.01. The highest BCUT2D eigenvalue weighted by atomic mass is 16.6. The van der Waals surface area contributed by atoms with Gasteiger partial charge >= 0.3 is 17.9 Å². The predicted octanol–water partition coefficient (Wildman–Crippen LogP) is 11.7. The van der Waals surface area contributed by atoms with Crippen LogP contribution in [0.4, 0.5) is 0 Å². The Kier molecular flexibility index (Phi) is 36.0. The summed E-state index contributed by atoms with van der Waals surface area (Å²) in [5, 5.41) is 9.61. The summed E-state index contributed by atoms with van der Waals surface area (Å²) in [4.78, 5) is 36.9. The van der Waals surface area contributed by atoms with Crippen molar-refractivity contribution in [3.8, 4) is 0 Å². The molecule has 1 N–H and O–H groups in total. The van der Waals surface area contributed by atoms with Crippen molar-refractivity contribution in [1.29, 1.82) is 0 Å². The van der Waals surface area contributed by atoms with Gasteiger partial charge in [-0.05, 0) is 83.5 Å². The van der Waals surface area contributed by atoms with Gasteiger partial charge in [-0.15, -0.1) is 0 Å². The topological polar surface area (TPSA) is 99.1 Å². The molecular weight excluding hydrogens is 703 g/mol. The number of allylic oxidation sites excluding steroid dienone is 14. The van der Waals surface area contributed by atoms with Gasteiger partial charge in [-0.25, -0.2) is 4.79 Å².